The second-order valence-electron chi connectivity index (χ2n) is 4.24. The molecule has 2 aliphatic heterocycles. The largest absolute Gasteiger partial charge is 0.394 e. The van der Waals surface area contributed by atoms with Crippen LogP contribution < -0.4 is 5.32 Å². The van der Waals surface area contributed by atoms with Gasteiger partial charge < -0.3 is 25.2 Å². The van der Waals surface area contributed by atoms with Gasteiger partial charge in [0.2, 0.25) is 0 Å². The Morgan fingerprint density at radius 3 is 3.06 bits per heavy atom. The normalized spacial score (nSPS) is 33.7. The molecule has 2 heterocycles. The summed E-state index contributed by atoms with van der Waals surface area (Å²) in [6.07, 6.45) is 0.302. The van der Waals surface area contributed by atoms with Crippen LogP contribution in [0.5, 0.6) is 0 Å². The highest BCUT2D eigenvalue weighted by Crippen LogP contribution is 2.27. The van der Waals surface area contributed by atoms with Gasteiger partial charge in [0.25, 0.3) is 5.91 Å². The molecule has 94 valence electrons. The van der Waals surface area contributed by atoms with Crippen molar-refractivity contribution in [3.8, 4) is 0 Å². The monoisotopic (exact) mass is 242 g/mol. The number of hydrogen-bond donors (Lipinski definition) is 3. The Kier molecular flexibility index (Phi) is 3.19. The van der Waals surface area contributed by atoms with E-state index in [1.165, 1.54) is 0 Å². The summed E-state index contributed by atoms with van der Waals surface area (Å²) in [6.45, 7) is 5.18. The molecule has 0 bridgehead atoms. The SMILES string of the molecule is C=C1NC(=O)C(C)=CN1[C@H]1CC([18OH])[C@@H](CO)O1. The average molecular weight is 242 g/mol. The van der Waals surface area contributed by atoms with Gasteiger partial charge >= 0.3 is 0 Å². The number of rotatable bonds is 2. The van der Waals surface area contributed by atoms with Crippen molar-refractivity contribution in [1.29, 1.82) is 0 Å². The van der Waals surface area contributed by atoms with Crippen LogP contribution in [0.1, 0.15) is 13.3 Å². The number of nitrogens with zero attached hydrogens (tertiary/aromatic N) is 1. The molecule has 1 unspecified atom stereocenters. The molecule has 0 aliphatic carbocycles. The standard InChI is InChI=1S/C11H16N2O4/c1-6-4-13(7(2)12-11(6)16)10-3-8(15)9(5-14)17-10/h4,8-10,14-15H,2-3,5H2,1H3,(H,12,16)/t8?,9-,10-/m1/s1/i15+2. The molecule has 0 aromatic heterocycles. The summed E-state index contributed by atoms with van der Waals surface area (Å²) in [5, 5.41) is 21.2. The first-order valence-electron chi connectivity index (χ1n) is 5.44. The number of ether oxygens (including phenoxy) is 1. The molecule has 0 aromatic carbocycles. The molecule has 2 rings (SSSR count). The summed E-state index contributed by atoms with van der Waals surface area (Å²) >= 11 is 0. The number of amides is 1. The zero-order chi connectivity index (χ0) is 12.6. The van der Waals surface area contributed by atoms with Crippen LogP contribution in [0.15, 0.2) is 24.2 Å². The van der Waals surface area contributed by atoms with E-state index in [1.54, 1.807) is 18.0 Å². The minimum Gasteiger partial charge on any atom is -0.394 e. The zero-order valence-corrected chi connectivity index (χ0v) is 9.59. The maximum Gasteiger partial charge on any atom is 0.253 e. The van der Waals surface area contributed by atoms with Crippen LogP contribution in [0.25, 0.3) is 0 Å². The Morgan fingerprint density at radius 1 is 1.76 bits per heavy atom. The lowest BCUT2D eigenvalue weighted by Gasteiger charge is -2.32. The third kappa shape index (κ3) is 2.19. The van der Waals surface area contributed by atoms with E-state index in [1.807, 2.05) is 0 Å². The molecule has 6 nitrogen and oxygen atoms in total. The molecular weight excluding hydrogens is 226 g/mol. The molecule has 0 radical (unpaired) electrons. The number of hydrogen-bond acceptors (Lipinski definition) is 5. The highest BCUT2D eigenvalue weighted by molar-refractivity contribution is 5.94. The van der Waals surface area contributed by atoms with E-state index in [0.29, 0.717) is 17.8 Å². The molecule has 1 saturated heterocycles. The number of carbonyl (C=O) groups is 1. The Bertz CT molecular complexity index is 380. The molecule has 0 saturated carbocycles. The zero-order valence-electron chi connectivity index (χ0n) is 9.59. The lowest BCUT2D eigenvalue weighted by Crippen LogP contribution is -2.42. The second kappa shape index (κ2) is 4.48. The average Bonchev–Trinajstić information content (AvgIpc) is 2.65. The Balaban J connectivity index is 2.13. The molecule has 3 N–H and O–H groups in total. The molecule has 0 spiro atoms. The van der Waals surface area contributed by atoms with Gasteiger partial charge in [0.05, 0.1) is 12.7 Å². The lowest BCUT2D eigenvalue weighted by atomic mass is 10.2. The molecule has 2 aliphatic rings. The lowest BCUT2D eigenvalue weighted by molar-refractivity contribution is -0.118. The van der Waals surface area contributed by atoms with Crippen molar-refractivity contribution in [3.05, 3.63) is 24.2 Å². The molecule has 1 amide bonds. The number of aliphatic hydroxyl groups excluding tert-OH is 2. The van der Waals surface area contributed by atoms with Crippen molar-refractivity contribution in [1.82, 2.24) is 10.2 Å². The third-order valence-electron chi connectivity index (χ3n) is 2.95. The van der Waals surface area contributed by atoms with Gasteiger partial charge in [-0.05, 0) is 6.92 Å². The highest BCUT2D eigenvalue weighted by Gasteiger charge is 2.38. The van der Waals surface area contributed by atoms with Gasteiger partial charge in [-0.15, -0.1) is 0 Å². The van der Waals surface area contributed by atoms with Gasteiger partial charge in [-0.1, -0.05) is 6.58 Å². The van der Waals surface area contributed by atoms with E-state index in [4.69, 9.17) is 9.84 Å². The molecular formula is C11H16N2O4. The summed E-state index contributed by atoms with van der Waals surface area (Å²) in [5.41, 5.74) is 0.544. The van der Waals surface area contributed by atoms with E-state index in [2.05, 4.69) is 11.9 Å². The third-order valence-corrected chi connectivity index (χ3v) is 2.95. The summed E-state index contributed by atoms with van der Waals surface area (Å²) in [6, 6.07) is 0. The van der Waals surface area contributed by atoms with Crippen LogP contribution in [0.2, 0.25) is 0 Å². The van der Waals surface area contributed by atoms with E-state index in [9.17, 15) is 9.90 Å². The van der Waals surface area contributed by atoms with Crippen LogP contribution in [-0.4, -0.2) is 46.1 Å². The van der Waals surface area contributed by atoms with Gasteiger partial charge in [0.1, 0.15) is 18.2 Å². The summed E-state index contributed by atoms with van der Waals surface area (Å²) in [5.74, 6) is 0.222. The topological polar surface area (TPSA) is 82.0 Å². The van der Waals surface area contributed by atoms with E-state index in [0.717, 1.165) is 0 Å². The fourth-order valence-electron chi connectivity index (χ4n) is 1.95. The van der Waals surface area contributed by atoms with Crippen LogP contribution in [-0.2, 0) is 9.53 Å². The Hall–Kier alpha value is -1.37. The van der Waals surface area contributed by atoms with Crippen molar-refractivity contribution >= 4 is 5.91 Å². The van der Waals surface area contributed by atoms with Crippen LogP contribution in [0.4, 0.5) is 0 Å². The first-order chi connectivity index (χ1) is 8.02. The Morgan fingerprint density at radius 2 is 2.47 bits per heavy atom. The number of aliphatic hydroxyl groups is 2. The Labute approximate surface area is 99.2 Å². The second-order valence-corrected chi connectivity index (χ2v) is 4.24. The van der Waals surface area contributed by atoms with E-state index in [-0.39, 0.29) is 12.5 Å². The fourth-order valence-corrected chi connectivity index (χ4v) is 1.95. The van der Waals surface area contributed by atoms with Gasteiger partial charge in [-0.3, -0.25) is 4.79 Å². The van der Waals surface area contributed by atoms with Crippen LogP contribution >= 0.6 is 0 Å². The molecule has 17 heavy (non-hydrogen) atoms. The predicted octanol–water partition coefficient (Wildman–Crippen LogP) is -0.739. The van der Waals surface area contributed by atoms with Gasteiger partial charge in [-0.25, -0.2) is 0 Å². The highest BCUT2D eigenvalue weighted by atomic mass is 18.2. The van der Waals surface area contributed by atoms with Crippen LogP contribution in [0.3, 0.4) is 0 Å². The smallest absolute Gasteiger partial charge is 0.253 e. The molecule has 3 atom stereocenters. The fraction of sp³-hybridized carbons (Fsp3) is 0.545. The molecule has 1 fully saturated rings. The van der Waals surface area contributed by atoms with E-state index >= 15 is 0 Å². The van der Waals surface area contributed by atoms with Crippen molar-refractivity contribution in [2.75, 3.05) is 6.61 Å². The summed E-state index contributed by atoms with van der Waals surface area (Å²) < 4.78 is 5.49. The molecule has 0 aromatic rings. The minimum absolute atomic E-state index is 0.191. The van der Waals surface area contributed by atoms with E-state index < -0.39 is 18.4 Å². The van der Waals surface area contributed by atoms with Crippen LogP contribution in [0, 0.1) is 0 Å². The van der Waals surface area contributed by atoms with Gasteiger partial charge in [0, 0.05) is 18.2 Å². The number of nitrogens with one attached hydrogen (secondary N) is 1. The van der Waals surface area contributed by atoms with Crippen molar-refractivity contribution in [2.24, 2.45) is 0 Å². The first-order valence-corrected chi connectivity index (χ1v) is 5.44. The maximum atomic E-state index is 11.4. The minimum atomic E-state index is -0.705. The summed E-state index contributed by atoms with van der Waals surface area (Å²) in [4.78, 5) is 13.0. The van der Waals surface area contributed by atoms with Crippen molar-refractivity contribution in [2.45, 2.75) is 31.8 Å². The number of carbonyl (C=O) groups excluding carboxylic acids is 1. The maximum absolute atomic E-state index is 11.4. The first kappa shape index (κ1) is 12.1. The predicted molar refractivity (Wildman–Crippen MR) is 59.2 cm³/mol. The van der Waals surface area contributed by atoms with Gasteiger partial charge in [-0.2, -0.15) is 0 Å². The van der Waals surface area contributed by atoms with Crippen molar-refractivity contribution in [3.63, 3.8) is 0 Å². The summed E-state index contributed by atoms with van der Waals surface area (Å²) in [7, 11) is 0. The quantitative estimate of drug-likeness (QED) is 0.556. The van der Waals surface area contributed by atoms with Gasteiger partial charge in [0.15, 0.2) is 0 Å². The van der Waals surface area contributed by atoms with Crippen molar-refractivity contribution < 1.29 is 19.7 Å². The molecule has 6 heteroatoms.